The molecule has 26 heavy (non-hydrogen) atoms. The van der Waals surface area contributed by atoms with Crippen molar-refractivity contribution in [2.75, 3.05) is 5.32 Å². The Hall–Kier alpha value is -3.35. The second kappa shape index (κ2) is 5.32. The first kappa shape index (κ1) is 14.9. The Balaban J connectivity index is 1.88. The molecule has 4 aromatic rings. The Labute approximate surface area is 145 Å². The minimum absolute atomic E-state index is 0.357. The average Bonchev–Trinajstić information content (AvgIpc) is 3.02. The number of rotatable bonds is 1. The van der Waals surface area contributed by atoms with Gasteiger partial charge in [0.1, 0.15) is 11.3 Å². The predicted octanol–water partition coefficient (Wildman–Crippen LogP) is 3.75. The van der Waals surface area contributed by atoms with Crippen molar-refractivity contribution >= 4 is 11.2 Å². The van der Waals surface area contributed by atoms with E-state index in [1.165, 1.54) is 0 Å². The van der Waals surface area contributed by atoms with Crippen LogP contribution in [0.3, 0.4) is 0 Å². The van der Waals surface area contributed by atoms with Gasteiger partial charge in [0.25, 0.3) is 0 Å². The number of nitrogens with one attached hydrogen (secondary N) is 2. The van der Waals surface area contributed by atoms with Crippen molar-refractivity contribution in [1.29, 1.82) is 0 Å². The Morgan fingerprint density at radius 2 is 1.81 bits per heavy atom. The van der Waals surface area contributed by atoms with Crippen molar-refractivity contribution in [2.45, 2.75) is 6.04 Å². The van der Waals surface area contributed by atoms with E-state index in [9.17, 15) is 13.2 Å². The minimum Gasteiger partial charge on any atom is -0.373 e. The van der Waals surface area contributed by atoms with E-state index in [1.807, 2.05) is 24.3 Å². The van der Waals surface area contributed by atoms with Gasteiger partial charge < -0.3 is 5.32 Å². The summed E-state index contributed by atoms with van der Waals surface area (Å²) in [6, 6.07) is 9.95. The molecule has 0 saturated carbocycles. The van der Waals surface area contributed by atoms with Gasteiger partial charge in [-0.15, -0.1) is 4.52 Å². The van der Waals surface area contributed by atoms with Crippen molar-refractivity contribution in [1.82, 2.24) is 9.61 Å². The Morgan fingerprint density at radius 3 is 2.69 bits per heavy atom. The summed E-state index contributed by atoms with van der Waals surface area (Å²) in [4.78, 5) is 3.11. The van der Waals surface area contributed by atoms with Crippen molar-refractivity contribution in [3.05, 3.63) is 83.6 Å². The summed E-state index contributed by atoms with van der Waals surface area (Å²) >= 11 is 0. The lowest BCUT2D eigenvalue weighted by atomic mass is 9.98. The quantitative estimate of drug-likeness (QED) is 0.530. The fourth-order valence-corrected chi connectivity index (χ4v) is 3.55. The van der Waals surface area contributed by atoms with Gasteiger partial charge in [0.05, 0.1) is 22.9 Å². The molecule has 7 heteroatoms. The zero-order valence-corrected chi connectivity index (χ0v) is 13.3. The summed E-state index contributed by atoms with van der Waals surface area (Å²) < 4.78 is 44.5. The molecule has 4 nitrogen and oxygen atoms in total. The van der Waals surface area contributed by atoms with E-state index in [-0.39, 0.29) is 5.56 Å². The molecule has 2 N–H and O–H groups in total. The van der Waals surface area contributed by atoms with E-state index in [4.69, 9.17) is 0 Å². The highest BCUT2D eigenvalue weighted by Crippen LogP contribution is 2.41. The number of para-hydroxylation sites is 1. The van der Waals surface area contributed by atoms with Gasteiger partial charge in [0, 0.05) is 16.8 Å². The maximum atomic E-state index is 14.5. The van der Waals surface area contributed by atoms with Gasteiger partial charge in [-0.05, 0) is 30.3 Å². The normalized spacial score (nSPS) is 15.4. The monoisotopic (exact) mass is 353 g/mol. The van der Waals surface area contributed by atoms with Gasteiger partial charge >= 0.3 is 6.33 Å². The van der Waals surface area contributed by atoms with Crippen LogP contribution in [0.1, 0.15) is 17.2 Å². The highest BCUT2D eigenvalue weighted by molar-refractivity contribution is 5.88. The predicted molar refractivity (Wildman–Crippen MR) is 89.0 cm³/mol. The fourth-order valence-electron chi connectivity index (χ4n) is 3.55. The zero-order valence-electron chi connectivity index (χ0n) is 13.3. The molecule has 1 unspecified atom stereocenters. The van der Waals surface area contributed by atoms with E-state index in [0.29, 0.717) is 16.8 Å². The molecule has 0 amide bonds. The topological polar surface area (TPSA) is 43.5 Å². The molecule has 1 atom stereocenters. The maximum Gasteiger partial charge on any atom is 0.311 e. The summed E-state index contributed by atoms with van der Waals surface area (Å²) in [7, 11) is 0. The zero-order chi connectivity index (χ0) is 17.8. The molecule has 128 valence electrons. The second-order valence-electron chi connectivity index (χ2n) is 6.11. The summed E-state index contributed by atoms with van der Waals surface area (Å²) in [6.07, 6.45) is 3.26. The van der Waals surface area contributed by atoms with Crippen LogP contribution in [0, 0.1) is 17.5 Å². The van der Waals surface area contributed by atoms with Crippen LogP contribution in [0.5, 0.6) is 0 Å². The molecule has 0 fully saturated rings. The van der Waals surface area contributed by atoms with E-state index >= 15 is 0 Å². The van der Waals surface area contributed by atoms with E-state index in [1.54, 1.807) is 23.1 Å². The Bertz CT molecular complexity index is 1170. The van der Waals surface area contributed by atoms with Crippen molar-refractivity contribution in [3.8, 4) is 11.3 Å². The summed E-state index contributed by atoms with van der Waals surface area (Å²) in [5.74, 6) is -3.10. The minimum atomic E-state index is -1.20. The van der Waals surface area contributed by atoms with Crippen LogP contribution in [-0.4, -0.2) is 9.61 Å². The Kier molecular flexibility index (Phi) is 3.06. The van der Waals surface area contributed by atoms with E-state index in [0.717, 1.165) is 23.4 Å². The number of halogens is 3. The first-order valence-electron chi connectivity index (χ1n) is 8.02. The third-order valence-corrected chi connectivity index (χ3v) is 4.70. The molecule has 1 aliphatic rings. The number of aromatic nitrogens is 3. The first-order chi connectivity index (χ1) is 12.6. The van der Waals surface area contributed by atoms with Crippen LogP contribution in [0.2, 0.25) is 0 Å². The van der Waals surface area contributed by atoms with Gasteiger partial charge in [-0.3, -0.25) is 0 Å². The molecule has 0 spiro atoms. The lowest BCUT2D eigenvalue weighted by Gasteiger charge is -2.20. The average molecular weight is 353 g/mol. The smallest absolute Gasteiger partial charge is 0.311 e. The van der Waals surface area contributed by atoms with Crippen LogP contribution in [0.15, 0.2) is 55.0 Å². The molecular weight excluding hydrogens is 341 g/mol. The van der Waals surface area contributed by atoms with Gasteiger partial charge in [-0.2, -0.15) is 0 Å². The molecule has 2 aromatic heterocycles. The highest BCUT2D eigenvalue weighted by Gasteiger charge is 2.32. The fraction of sp³-hybridized carbons (Fsp3) is 0.0526. The molecule has 2 aromatic carbocycles. The molecule has 3 heterocycles. The lowest BCUT2D eigenvalue weighted by Crippen LogP contribution is -2.16. The van der Waals surface area contributed by atoms with Crippen LogP contribution in [-0.2, 0) is 0 Å². The molecule has 0 saturated heterocycles. The molecule has 0 aliphatic carbocycles. The first-order valence-corrected chi connectivity index (χ1v) is 8.02. The van der Waals surface area contributed by atoms with E-state index < -0.39 is 23.5 Å². The van der Waals surface area contributed by atoms with Gasteiger partial charge in [0.15, 0.2) is 17.3 Å². The largest absolute Gasteiger partial charge is 0.373 e. The molecule has 1 aliphatic heterocycles. The number of aromatic amines is 1. The number of nitrogens with zero attached hydrogens (tertiary/aromatic N) is 2. The third kappa shape index (κ3) is 1.97. The van der Waals surface area contributed by atoms with Crippen molar-refractivity contribution < 1.29 is 18.2 Å². The standard InChI is InChI=1S/C19H11F3N4/c20-12-5-6-13(21)16(22)15(12)17-11-7-8-26-19(11)18(23-9-24-26)10-3-1-2-4-14(10)25-17/h1-9,17,25H/p+1. The van der Waals surface area contributed by atoms with Crippen molar-refractivity contribution in [3.63, 3.8) is 0 Å². The number of H-pyrrole nitrogens is 1. The Morgan fingerprint density at radius 1 is 1.00 bits per heavy atom. The molecule has 0 radical (unpaired) electrons. The van der Waals surface area contributed by atoms with Gasteiger partial charge in [-0.25, -0.2) is 18.2 Å². The number of anilines is 1. The number of hydrogen-bond acceptors (Lipinski definition) is 2. The summed E-state index contributed by atoms with van der Waals surface area (Å²) in [6.45, 7) is 0. The number of benzene rings is 2. The van der Waals surface area contributed by atoms with Gasteiger partial charge in [-0.1, -0.05) is 12.1 Å². The van der Waals surface area contributed by atoms with Crippen molar-refractivity contribution in [2.24, 2.45) is 0 Å². The lowest BCUT2D eigenvalue weighted by molar-refractivity contribution is -0.369. The second-order valence-corrected chi connectivity index (χ2v) is 6.11. The van der Waals surface area contributed by atoms with Crippen LogP contribution < -0.4 is 10.3 Å². The number of fused-ring (bicyclic) bond motifs is 2. The molecule has 5 rings (SSSR count). The summed E-state index contributed by atoms with van der Waals surface area (Å²) in [5, 5.41) is 7.39. The van der Waals surface area contributed by atoms with Gasteiger partial charge in [0.2, 0.25) is 0 Å². The molecule has 0 bridgehead atoms. The van der Waals surface area contributed by atoms with Crippen LogP contribution >= 0.6 is 0 Å². The SMILES string of the molecule is Fc1ccc(F)c(C2Nc3ccccc3-c3[nH+]cnn4ccc2c34)c1F. The van der Waals surface area contributed by atoms with Crippen LogP contribution in [0.25, 0.3) is 16.8 Å². The highest BCUT2D eigenvalue weighted by atomic mass is 19.2. The molecular formula is C19H12F3N4+. The maximum absolute atomic E-state index is 14.5. The third-order valence-electron chi connectivity index (χ3n) is 4.70. The van der Waals surface area contributed by atoms with E-state index in [2.05, 4.69) is 15.4 Å². The summed E-state index contributed by atoms with van der Waals surface area (Å²) in [5.41, 5.74) is 3.20. The number of hydrogen-bond donors (Lipinski definition) is 1. The van der Waals surface area contributed by atoms with Crippen LogP contribution in [0.4, 0.5) is 18.9 Å².